The maximum atomic E-state index is 13.5. The van der Waals surface area contributed by atoms with Gasteiger partial charge in [0.25, 0.3) is 0 Å². The number of fused-ring (bicyclic) bond motifs is 1. The number of carboxylic acid groups (broad SMARTS) is 1. The number of imidazole rings is 1. The molecule has 1 amide bonds. The van der Waals surface area contributed by atoms with Crippen molar-refractivity contribution >= 4 is 11.9 Å². The highest BCUT2D eigenvalue weighted by Crippen LogP contribution is 2.41. The predicted molar refractivity (Wildman–Crippen MR) is 93.4 cm³/mol. The molecule has 2 atom stereocenters. The maximum absolute atomic E-state index is 13.5. The molecule has 0 aromatic carbocycles. The molecule has 4 rings (SSSR count). The molecule has 4 N–H and O–H groups in total. The zero-order chi connectivity index (χ0) is 19.2. The van der Waals surface area contributed by atoms with Crippen LogP contribution in [-0.4, -0.2) is 31.5 Å². The lowest BCUT2D eigenvalue weighted by atomic mass is 9.81. The summed E-state index contributed by atoms with van der Waals surface area (Å²) in [5, 5.41) is 11.7. The molecule has 2 saturated carbocycles. The van der Waals surface area contributed by atoms with E-state index in [2.05, 4.69) is 15.3 Å². The average molecular weight is 379 g/mol. The van der Waals surface area contributed by atoms with E-state index >= 15 is 0 Å². The third-order valence-corrected chi connectivity index (χ3v) is 5.67. The Hall–Kier alpha value is -2.29. The molecule has 0 spiro atoms. The Bertz CT molecular complexity index is 841. The van der Waals surface area contributed by atoms with E-state index in [0.29, 0.717) is 17.4 Å². The van der Waals surface area contributed by atoms with Crippen LogP contribution in [0.25, 0.3) is 5.78 Å². The van der Waals surface area contributed by atoms with E-state index in [0.717, 1.165) is 18.5 Å². The Morgan fingerprint density at radius 2 is 1.89 bits per heavy atom. The van der Waals surface area contributed by atoms with Crippen molar-refractivity contribution in [2.24, 2.45) is 17.6 Å². The van der Waals surface area contributed by atoms with Crippen LogP contribution in [0.2, 0.25) is 0 Å². The van der Waals surface area contributed by atoms with Gasteiger partial charge in [-0.25, -0.2) is 23.5 Å². The summed E-state index contributed by atoms with van der Waals surface area (Å²) < 4.78 is 28.7. The summed E-state index contributed by atoms with van der Waals surface area (Å²) in [6, 6.07) is 1.09. The summed E-state index contributed by atoms with van der Waals surface area (Å²) in [5.74, 6) is -1.99. The number of hydrogen-bond acceptors (Lipinski definition) is 4. The molecule has 1 unspecified atom stereocenters. The molecule has 0 aliphatic heterocycles. The van der Waals surface area contributed by atoms with Crippen LogP contribution >= 0.6 is 0 Å². The van der Waals surface area contributed by atoms with Crippen LogP contribution in [0.3, 0.4) is 0 Å². The van der Waals surface area contributed by atoms with E-state index in [1.807, 2.05) is 12.3 Å². The molecule has 2 aliphatic carbocycles. The van der Waals surface area contributed by atoms with Crippen LogP contribution < -0.4 is 11.1 Å². The second kappa shape index (κ2) is 6.70. The van der Waals surface area contributed by atoms with Crippen molar-refractivity contribution in [2.45, 2.75) is 56.5 Å². The van der Waals surface area contributed by atoms with Crippen LogP contribution in [0.5, 0.6) is 0 Å². The fourth-order valence-corrected chi connectivity index (χ4v) is 3.90. The van der Waals surface area contributed by atoms with Crippen LogP contribution in [0.4, 0.5) is 13.6 Å². The number of nitrogens with zero attached hydrogens (tertiary/aromatic N) is 3. The van der Waals surface area contributed by atoms with Crippen LogP contribution in [-0.2, 0) is 0 Å². The molecule has 7 nitrogen and oxygen atoms in total. The number of carbonyl (C=O) groups is 1. The van der Waals surface area contributed by atoms with Gasteiger partial charge in [0.05, 0.1) is 23.5 Å². The topological polar surface area (TPSA) is 106 Å². The number of amides is 1. The molecule has 2 aliphatic rings. The van der Waals surface area contributed by atoms with Gasteiger partial charge in [-0.05, 0) is 43.6 Å². The Morgan fingerprint density at radius 3 is 2.52 bits per heavy atom. The van der Waals surface area contributed by atoms with E-state index in [1.54, 1.807) is 10.6 Å². The SMILES string of the molecule is NC(c1ccn2cc([C@@H](NC(=O)O)C3CCC(F)(F)CC3)nc2n1)C1CC1. The van der Waals surface area contributed by atoms with Gasteiger partial charge < -0.3 is 16.2 Å². The minimum absolute atomic E-state index is 0.122. The Morgan fingerprint density at radius 1 is 1.22 bits per heavy atom. The van der Waals surface area contributed by atoms with E-state index < -0.39 is 18.1 Å². The summed E-state index contributed by atoms with van der Waals surface area (Å²) in [7, 11) is 0. The fraction of sp³-hybridized carbons (Fsp3) is 0.611. The number of hydrogen-bond donors (Lipinski definition) is 3. The lowest BCUT2D eigenvalue weighted by molar-refractivity contribution is -0.0495. The molecule has 0 radical (unpaired) electrons. The summed E-state index contributed by atoms with van der Waals surface area (Å²) in [6.45, 7) is 0. The lowest BCUT2D eigenvalue weighted by Gasteiger charge is -2.32. The third-order valence-electron chi connectivity index (χ3n) is 5.67. The highest BCUT2D eigenvalue weighted by Gasteiger charge is 2.39. The van der Waals surface area contributed by atoms with Crippen molar-refractivity contribution in [3.8, 4) is 0 Å². The Kier molecular flexibility index (Phi) is 4.49. The van der Waals surface area contributed by atoms with Gasteiger partial charge in [0, 0.05) is 25.2 Å². The summed E-state index contributed by atoms with van der Waals surface area (Å²) in [6.07, 6.45) is 4.55. The monoisotopic (exact) mass is 379 g/mol. The molecule has 0 bridgehead atoms. The highest BCUT2D eigenvalue weighted by molar-refractivity contribution is 5.65. The number of nitrogens with two attached hydrogens (primary N) is 1. The van der Waals surface area contributed by atoms with Gasteiger partial charge in [-0.15, -0.1) is 0 Å². The van der Waals surface area contributed by atoms with E-state index in [4.69, 9.17) is 5.73 Å². The van der Waals surface area contributed by atoms with Crippen molar-refractivity contribution in [3.05, 3.63) is 29.8 Å². The average Bonchev–Trinajstić information content (AvgIpc) is 3.37. The Balaban J connectivity index is 1.61. The second-order valence-electron chi connectivity index (χ2n) is 7.71. The fourth-order valence-electron chi connectivity index (χ4n) is 3.90. The van der Waals surface area contributed by atoms with Gasteiger partial charge in [0.1, 0.15) is 0 Å². The van der Waals surface area contributed by atoms with Crippen LogP contribution in [0.1, 0.15) is 62.0 Å². The second-order valence-corrected chi connectivity index (χ2v) is 7.71. The molecule has 2 aromatic rings. The van der Waals surface area contributed by atoms with Crippen molar-refractivity contribution in [3.63, 3.8) is 0 Å². The molecule has 2 aromatic heterocycles. The van der Waals surface area contributed by atoms with Crippen LogP contribution in [0, 0.1) is 11.8 Å². The minimum Gasteiger partial charge on any atom is -0.465 e. The number of rotatable bonds is 5. The number of alkyl halides is 2. The third kappa shape index (κ3) is 3.87. The van der Waals surface area contributed by atoms with Crippen LogP contribution in [0.15, 0.2) is 18.5 Å². The first-order chi connectivity index (χ1) is 12.8. The zero-order valence-electron chi connectivity index (χ0n) is 14.8. The molecule has 9 heteroatoms. The first-order valence-corrected chi connectivity index (χ1v) is 9.31. The van der Waals surface area contributed by atoms with Gasteiger partial charge in [0.2, 0.25) is 11.7 Å². The van der Waals surface area contributed by atoms with E-state index in [-0.39, 0.29) is 37.6 Å². The van der Waals surface area contributed by atoms with Crippen molar-refractivity contribution < 1.29 is 18.7 Å². The summed E-state index contributed by atoms with van der Waals surface area (Å²) in [4.78, 5) is 20.3. The first-order valence-electron chi connectivity index (χ1n) is 9.31. The minimum atomic E-state index is -2.67. The number of nitrogens with one attached hydrogen (secondary N) is 1. The molecule has 0 saturated heterocycles. The first kappa shape index (κ1) is 18.1. The van der Waals surface area contributed by atoms with Gasteiger partial charge in [0.15, 0.2) is 0 Å². The molecule has 2 heterocycles. The molecular formula is C18H23F2N5O2. The largest absolute Gasteiger partial charge is 0.465 e. The lowest BCUT2D eigenvalue weighted by Crippen LogP contribution is -2.36. The van der Waals surface area contributed by atoms with E-state index in [1.165, 1.54) is 0 Å². The van der Waals surface area contributed by atoms with Gasteiger partial charge in [-0.1, -0.05) is 0 Å². The van der Waals surface area contributed by atoms with Crippen molar-refractivity contribution in [1.29, 1.82) is 0 Å². The summed E-state index contributed by atoms with van der Waals surface area (Å²) >= 11 is 0. The van der Waals surface area contributed by atoms with Gasteiger partial charge in [-0.3, -0.25) is 4.40 Å². The van der Waals surface area contributed by atoms with Gasteiger partial charge in [-0.2, -0.15) is 0 Å². The van der Waals surface area contributed by atoms with Gasteiger partial charge >= 0.3 is 6.09 Å². The van der Waals surface area contributed by atoms with Crippen molar-refractivity contribution in [2.75, 3.05) is 0 Å². The number of halogens is 2. The number of aromatic nitrogens is 3. The Labute approximate surface area is 155 Å². The quantitative estimate of drug-likeness (QED) is 0.739. The normalized spacial score (nSPS) is 22.5. The molecule has 2 fully saturated rings. The zero-order valence-corrected chi connectivity index (χ0v) is 14.8. The summed E-state index contributed by atoms with van der Waals surface area (Å²) in [5.41, 5.74) is 7.47. The predicted octanol–water partition coefficient (Wildman–Crippen LogP) is 3.27. The highest BCUT2D eigenvalue weighted by atomic mass is 19.3. The smallest absolute Gasteiger partial charge is 0.405 e. The molecule has 27 heavy (non-hydrogen) atoms. The molecular weight excluding hydrogens is 356 g/mol. The maximum Gasteiger partial charge on any atom is 0.405 e. The molecule has 146 valence electrons. The standard InChI is InChI=1S/C18H23F2N5O2/c19-18(20)6-3-11(4-7-18)15(24-17(26)27)13-9-25-8-5-12(22-16(25)23-13)14(21)10-1-2-10/h5,8-11,14-15,24H,1-4,6-7,21H2,(H,26,27)/t14?,15-/m0/s1. The van der Waals surface area contributed by atoms with Crippen molar-refractivity contribution in [1.82, 2.24) is 19.7 Å². The van der Waals surface area contributed by atoms with E-state index in [9.17, 15) is 18.7 Å².